The average Bonchev–Trinajstić information content (AvgIpc) is 2.35. The van der Waals surface area contributed by atoms with Crippen molar-refractivity contribution in [3.05, 3.63) is 30.1 Å². The Hall–Kier alpha value is -2.11. The van der Waals surface area contributed by atoms with Crippen LogP contribution in [-0.4, -0.2) is 42.1 Å². The van der Waals surface area contributed by atoms with E-state index in [1.54, 1.807) is 6.92 Å². The van der Waals surface area contributed by atoms with E-state index in [9.17, 15) is 14.0 Å². The Morgan fingerprint density at radius 3 is 2.28 bits per heavy atom. The third kappa shape index (κ3) is 3.44. The van der Waals surface area contributed by atoms with Crippen molar-refractivity contribution in [1.29, 1.82) is 0 Å². The van der Waals surface area contributed by atoms with Crippen molar-refractivity contribution >= 4 is 17.7 Å². The summed E-state index contributed by atoms with van der Waals surface area (Å²) < 4.78 is 12.8. The minimum absolute atomic E-state index is 0.288. The molecule has 98 valence electrons. The molecule has 1 rings (SSSR count). The van der Waals surface area contributed by atoms with Crippen molar-refractivity contribution in [2.75, 3.05) is 25.0 Å². The zero-order valence-electron chi connectivity index (χ0n) is 10.3. The molecule has 0 aliphatic rings. The van der Waals surface area contributed by atoms with E-state index in [2.05, 4.69) is 0 Å². The van der Waals surface area contributed by atoms with Gasteiger partial charge in [0.2, 0.25) is 0 Å². The van der Waals surface area contributed by atoms with E-state index in [0.29, 0.717) is 5.69 Å². The topological polar surface area (TPSA) is 60.9 Å². The Morgan fingerprint density at radius 2 is 1.83 bits per heavy atom. The molecule has 0 saturated heterocycles. The van der Waals surface area contributed by atoms with Crippen molar-refractivity contribution in [3.63, 3.8) is 0 Å². The van der Waals surface area contributed by atoms with E-state index in [1.807, 2.05) is 0 Å². The zero-order chi connectivity index (χ0) is 13.7. The van der Waals surface area contributed by atoms with Crippen LogP contribution < -0.4 is 4.90 Å². The van der Waals surface area contributed by atoms with Crippen LogP contribution in [-0.2, 0) is 4.79 Å². The number of carboxylic acids is 1. The minimum Gasteiger partial charge on any atom is -0.480 e. The molecule has 2 amide bonds. The van der Waals surface area contributed by atoms with E-state index in [-0.39, 0.29) is 13.1 Å². The van der Waals surface area contributed by atoms with Crippen LogP contribution in [0.2, 0.25) is 0 Å². The summed E-state index contributed by atoms with van der Waals surface area (Å²) in [4.78, 5) is 25.1. The van der Waals surface area contributed by atoms with E-state index >= 15 is 0 Å². The number of urea groups is 1. The number of anilines is 1. The summed E-state index contributed by atoms with van der Waals surface area (Å²) in [7, 11) is 1.51. The highest BCUT2D eigenvalue weighted by Gasteiger charge is 2.19. The second-order valence-electron chi connectivity index (χ2n) is 3.73. The molecule has 0 aromatic heterocycles. The molecule has 6 heteroatoms. The van der Waals surface area contributed by atoms with Crippen LogP contribution >= 0.6 is 0 Å². The van der Waals surface area contributed by atoms with Gasteiger partial charge in [0.15, 0.2) is 0 Å². The first-order valence-corrected chi connectivity index (χ1v) is 5.45. The lowest BCUT2D eigenvalue weighted by atomic mass is 10.3. The monoisotopic (exact) mass is 254 g/mol. The molecule has 0 aliphatic heterocycles. The number of carbonyl (C=O) groups excluding carboxylic acids is 1. The SMILES string of the molecule is CCN(CC(=O)O)C(=O)N(C)c1ccc(F)cc1. The molecule has 0 bridgehead atoms. The predicted octanol–water partition coefficient (Wildman–Crippen LogP) is 1.79. The van der Waals surface area contributed by atoms with Gasteiger partial charge in [-0.15, -0.1) is 0 Å². The summed E-state index contributed by atoms with van der Waals surface area (Å²) >= 11 is 0. The number of rotatable bonds is 4. The fraction of sp³-hybridized carbons (Fsp3) is 0.333. The summed E-state index contributed by atoms with van der Waals surface area (Å²) in [6, 6.07) is 4.97. The highest BCUT2D eigenvalue weighted by Crippen LogP contribution is 2.14. The zero-order valence-corrected chi connectivity index (χ0v) is 10.3. The number of aliphatic carboxylic acids is 1. The second-order valence-corrected chi connectivity index (χ2v) is 3.73. The van der Waals surface area contributed by atoms with Crippen molar-refractivity contribution in [2.45, 2.75) is 6.92 Å². The highest BCUT2D eigenvalue weighted by molar-refractivity contribution is 5.93. The van der Waals surface area contributed by atoms with Crippen LogP contribution in [0, 0.1) is 5.82 Å². The van der Waals surface area contributed by atoms with Crippen LogP contribution in [0.5, 0.6) is 0 Å². The standard InChI is InChI=1S/C12H15FN2O3/c1-3-15(8-11(16)17)12(18)14(2)10-6-4-9(13)5-7-10/h4-7H,3,8H2,1-2H3,(H,16,17). The number of amides is 2. The third-order valence-electron chi connectivity index (χ3n) is 2.48. The van der Waals surface area contributed by atoms with Crippen molar-refractivity contribution < 1.29 is 19.1 Å². The smallest absolute Gasteiger partial charge is 0.324 e. The maximum absolute atomic E-state index is 12.8. The molecule has 0 atom stereocenters. The van der Waals surface area contributed by atoms with Crippen LogP contribution in [0.1, 0.15) is 6.92 Å². The quantitative estimate of drug-likeness (QED) is 0.891. The van der Waals surface area contributed by atoms with Gasteiger partial charge in [0.1, 0.15) is 12.4 Å². The molecule has 1 N–H and O–H groups in total. The molecule has 18 heavy (non-hydrogen) atoms. The van der Waals surface area contributed by atoms with Gasteiger partial charge >= 0.3 is 12.0 Å². The van der Waals surface area contributed by atoms with Gasteiger partial charge in [-0.1, -0.05) is 0 Å². The lowest BCUT2D eigenvalue weighted by molar-refractivity contribution is -0.137. The number of carbonyl (C=O) groups is 2. The van der Waals surface area contributed by atoms with Gasteiger partial charge in [-0.3, -0.25) is 9.69 Å². The molecule has 0 heterocycles. The van der Waals surface area contributed by atoms with Gasteiger partial charge < -0.3 is 10.0 Å². The first-order chi connectivity index (χ1) is 8.45. The maximum atomic E-state index is 12.8. The fourth-order valence-electron chi connectivity index (χ4n) is 1.47. The molecule has 0 radical (unpaired) electrons. The number of benzene rings is 1. The minimum atomic E-state index is -1.07. The number of halogens is 1. The Balaban J connectivity index is 2.81. The lowest BCUT2D eigenvalue weighted by Crippen LogP contribution is -2.43. The number of nitrogens with zero attached hydrogens (tertiary/aromatic N) is 2. The van der Waals surface area contributed by atoms with Crippen LogP contribution in [0.15, 0.2) is 24.3 Å². The molecule has 0 fully saturated rings. The number of hydrogen-bond donors (Lipinski definition) is 1. The van der Waals surface area contributed by atoms with E-state index in [1.165, 1.54) is 41.1 Å². The molecule has 0 spiro atoms. The summed E-state index contributed by atoms with van der Waals surface area (Å²) in [5.74, 6) is -1.46. The third-order valence-corrected chi connectivity index (χ3v) is 2.48. The lowest BCUT2D eigenvalue weighted by Gasteiger charge is -2.25. The molecular weight excluding hydrogens is 239 g/mol. The van der Waals surface area contributed by atoms with Gasteiger partial charge in [0.25, 0.3) is 0 Å². The molecule has 1 aromatic rings. The average molecular weight is 254 g/mol. The van der Waals surface area contributed by atoms with E-state index in [4.69, 9.17) is 5.11 Å². The van der Waals surface area contributed by atoms with Crippen molar-refractivity contribution in [3.8, 4) is 0 Å². The molecule has 1 aromatic carbocycles. The number of carboxylic acid groups (broad SMARTS) is 1. The van der Waals surface area contributed by atoms with Crippen LogP contribution in [0.4, 0.5) is 14.9 Å². The Labute approximate surface area is 104 Å². The van der Waals surface area contributed by atoms with E-state index < -0.39 is 17.8 Å². The number of likely N-dealkylation sites (N-methyl/N-ethyl adjacent to an activating group) is 1. The van der Waals surface area contributed by atoms with Gasteiger partial charge in [-0.05, 0) is 31.2 Å². The Kier molecular flexibility index (Phi) is 4.65. The molecule has 0 aliphatic carbocycles. The first-order valence-electron chi connectivity index (χ1n) is 5.45. The normalized spacial score (nSPS) is 9.94. The van der Waals surface area contributed by atoms with Gasteiger partial charge in [-0.25, -0.2) is 9.18 Å². The summed E-state index contributed by atoms with van der Waals surface area (Å²) in [5, 5.41) is 8.69. The summed E-state index contributed by atoms with van der Waals surface area (Å²) in [5.41, 5.74) is 0.505. The fourth-order valence-corrected chi connectivity index (χ4v) is 1.47. The maximum Gasteiger partial charge on any atom is 0.324 e. The van der Waals surface area contributed by atoms with E-state index in [0.717, 1.165) is 0 Å². The number of hydrogen-bond acceptors (Lipinski definition) is 2. The predicted molar refractivity (Wildman–Crippen MR) is 65.1 cm³/mol. The van der Waals surface area contributed by atoms with Gasteiger partial charge in [0.05, 0.1) is 0 Å². The molecule has 0 unspecified atom stereocenters. The van der Waals surface area contributed by atoms with Crippen molar-refractivity contribution in [1.82, 2.24) is 4.90 Å². The molecular formula is C12H15FN2O3. The Morgan fingerprint density at radius 1 is 1.28 bits per heavy atom. The van der Waals surface area contributed by atoms with Crippen molar-refractivity contribution in [2.24, 2.45) is 0 Å². The first kappa shape index (κ1) is 14.0. The van der Waals surface area contributed by atoms with Crippen LogP contribution in [0.25, 0.3) is 0 Å². The highest BCUT2D eigenvalue weighted by atomic mass is 19.1. The molecule has 0 saturated carbocycles. The van der Waals surface area contributed by atoms with Gasteiger partial charge in [0, 0.05) is 19.3 Å². The largest absolute Gasteiger partial charge is 0.480 e. The summed E-state index contributed by atoms with van der Waals surface area (Å²) in [6.07, 6.45) is 0. The summed E-state index contributed by atoms with van der Waals surface area (Å²) in [6.45, 7) is 1.62. The van der Waals surface area contributed by atoms with Crippen LogP contribution in [0.3, 0.4) is 0 Å². The van der Waals surface area contributed by atoms with Gasteiger partial charge in [-0.2, -0.15) is 0 Å². The molecule has 5 nitrogen and oxygen atoms in total. The second kappa shape index (κ2) is 6.00. The Bertz CT molecular complexity index is 433.